The maximum Gasteiger partial charge on any atom is 0.406 e. The van der Waals surface area contributed by atoms with Gasteiger partial charge in [-0.2, -0.15) is 13.2 Å². The summed E-state index contributed by atoms with van der Waals surface area (Å²) in [5.74, 6) is -1.62. The summed E-state index contributed by atoms with van der Waals surface area (Å²) in [6.07, 6.45) is -3.31. The van der Waals surface area contributed by atoms with Gasteiger partial charge in [0, 0.05) is 17.0 Å². The third-order valence-corrected chi connectivity index (χ3v) is 3.40. The molecule has 0 saturated heterocycles. The molecule has 1 aromatic heterocycles. The fourth-order valence-electron chi connectivity index (χ4n) is 2.26. The minimum atomic E-state index is -4.40. The number of ether oxygens (including phenoxy) is 3. The van der Waals surface area contributed by atoms with Crippen molar-refractivity contribution in [2.24, 2.45) is 0 Å². The van der Waals surface area contributed by atoms with Crippen LogP contribution < -0.4 is 0 Å². The zero-order valence-corrected chi connectivity index (χ0v) is 13.1. The van der Waals surface area contributed by atoms with E-state index in [1.807, 2.05) is 0 Å². The number of aryl methyl sites for hydroxylation is 1. The predicted octanol–water partition coefficient (Wildman–Crippen LogP) is 2.28. The number of esters is 1. The number of hydrogen-bond acceptors (Lipinski definition) is 5. The lowest BCUT2D eigenvalue weighted by Gasteiger charge is -2.14. The first-order chi connectivity index (χ1) is 11.2. The number of alkyl halides is 3. The molecule has 0 spiro atoms. The van der Waals surface area contributed by atoms with Crippen molar-refractivity contribution >= 4 is 11.8 Å². The molecule has 0 amide bonds. The zero-order valence-electron chi connectivity index (χ0n) is 13.1. The van der Waals surface area contributed by atoms with E-state index in [0.29, 0.717) is 12.3 Å². The van der Waals surface area contributed by atoms with Gasteiger partial charge >= 0.3 is 12.1 Å². The zero-order chi connectivity index (χ0) is 17.9. The molecule has 0 aliphatic carbocycles. The number of carbonyl (C=O) groups is 2. The fraction of sp³-hybridized carbons (Fsp3) is 0.467. The quantitative estimate of drug-likeness (QED) is 0.604. The highest BCUT2D eigenvalue weighted by atomic mass is 19.4. The van der Waals surface area contributed by atoms with Gasteiger partial charge in [-0.25, -0.2) is 4.79 Å². The van der Waals surface area contributed by atoms with Gasteiger partial charge in [0.2, 0.25) is 11.5 Å². The van der Waals surface area contributed by atoms with Crippen molar-refractivity contribution < 1.29 is 37.0 Å². The summed E-state index contributed by atoms with van der Waals surface area (Å²) in [6.45, 7) is 1.59. The van der Waals surface area contributed by atoms with E-state index in [2.05, 4.69) is 0 Å². The smallest absolute Gasteiger partial charge is 0.406 e. The van der Waals surface area contributed by atoms with Crippen molar-refractivity contribution in [3.05, 3.63) is 35.0 Å². The van der Waals surface area contributed by atoms with Crippen molar-refractivity contribution in [1.29, 1.82) is 0 Å². The lowest BCUT2D eigenvalue weighted by atomic mass is 10.1. The molecule has 1 aromatic rings. The van der Waals surface area contributed by atoms with E-state index in [1.54, 1.807) is 0 Å². The SMILES string of the molecule is Cc1cc(C(=O)COC(=O)C2=COCCO2)c(C)n1CC(F)(F)F. The third kappa shape index (κ3) is 4.30. The van der Waals surface area contributed by atoms with Gasteiger partial charge in [0.05, 0.1) is 0 Å². The highest BCUT2D eigenvalue weighted by Crippen LogP contribution is 2.23. The van der Waals surface area contributed by atoms with Crippen LogP contribution in [0.3, 0.4) is 0 Å². The highest BCUT2D eigenvalue weighted by Gasteiger charge is 2.30. The van der Waals surface area contributed by atoms with E-state index in [0.717, 1.165) is 10.8 Å². The number of halogens is 3. The Bertz CT molecular complexity index is 675. The monoisotopic (exact) mass is 347 g/mol. The summed E-state index contributed by atoms with van der Waals surface area (Å²) in [5, 5.41) is 0. The van der Waals surface area contributed by atoms with Gasteiger partial charge in [-0.1, -0.05) is 0 Å². The van der Waals surface area contributed by atoms with Gasteiger partial charge in [0.1, 0.15) is 26.0 Å². The van der Waals surface area contributed by atoms with Crippen LogP contribution >= 0.6 is 0 Å². The Kier molecular flexibility index (Phi) is 5.20. The van der Waals surface area contributed by atoms with E-state index in [-0.39, 0.29) is 23.6 Å². The number of carbonyl (C=O) groups excluding carboxylic acids is 2. The van der Waals surface area contributed by atoms with Crippen LogP contribution in [0.1, 0.15) is 21.7 Å². The third-order valence-electron chi connectivity index (χ3n) is 3.40. The Balaban J connectivity index is 2.03. The molecule has 2 rings (SSSR count). The van der Waals surface area contributed by atoms with Crippen LogP contribution in [0.5, 0.6) is 0 Å². The van der Waals surface area contributed by atoms with Gasteiger partial charge in [0.25, 0.3) is 0 Å². The summed E-state index contributed by atoms with van der Waals surface area (Å²) in [7, 11) is 0. The number of Topliss-reactive ketones (excluding diaryl/α,β-unsaturated/α-hetero) is 1. The summed E-state index contributed by atoms with van der Waals surface area (Å²) in [6, 6.07) is 1.34. The first kappa shape index (κ1) is 17.9. The van der Waals surface area contributed by atoms with Crippen LogP contribution in [0.4, 0.5) is 13.2 Å². The van der Waals surface area contributed by atoms with Gasteiger partial charge in [-0.15, -0.1) is 0 Å². The standard InChI is InChI=1S/C15H16F3NO5/c1-9-5-11(10(2)19(9)8-15(16,17)18)12(20)6-24-14(21)13-7-22-3-4-23-13/h5,7H,3-4,6,8H2,1-2H3. The number of aromatic nitrogens is 1. The lowest BCUT2D eigenvalue weighted by molar-refractivity contribution is -0.143. The minimum absolute atomic E-state index is 0.0827. The first-order valence-corrected chi connectivity index (χ1v) is 7.07. The number of ketones is 1. The highest BCUT2D eigenvalue weighted by molar-refractivity contribution is 6.00. The van der Waals surface area contributed by atoms with Crippen LogP contribution in [0, 0.1) is 13.8 Å². The van der Waals surface area contributed by atoms with Gasteiger partial charge in [0.15, 0.2) is 6.61 Å². The molecule has 1 aliphatic rings. The van der Waals surface area contributed by atoms with E-state index in [1.165, 1.54) is 19.9 Å². The van der Waals surface area contributed by atoms with Gasteiger partial charge in [-0.05, 0) is 19.9 Å². The number of rotatable bonds is 5. The second kappa shape index (κ2) is 6.98. The summed E-state index contributed by atoms with van der Waals surface area (Å²) in [4.78, 5) is 23.8. The van der Waals surface area contributed by atoms with Crippen LogP contribution in [0.15, 0.2) is 18.1 Å². The molecule has 0 N–H and O–H groups in total. The topological polar surface area (TPSA) is 66.8 Å². The lowest BCUT2D eigenvalue weighted by Crippen LogP contribution is -2.21. The van der Waals surface area contributed by atoms with E-state index >= 15 is 0 Å². The molecule has 9 heteroatoms. The van der Waals surface area contributed by atoms with Crippen LogP contribution in [0.25, 0.3) is 0 Å². The Labute approximate surface area is 135 Å². The first-order valence-electron chi connectivity index (χ1n) is 7.07. The molecular weight excluding hydrogens is 331 g/mol. The molecule has 0 fully saturated rings. The average molecular weight is 347 g/mol. The van der Waals surface area contributed by atoms with Gasteiger partial charge < -0.3 is 18.8 Å². The van der Waals surface area contributed by atoms with E-state index in [9.17, 15) is 22.8 Å². The fourth-order valence-corrected chi connectivity index (χ4v) is 2.26. The van der Waals surface area contributed by atoms with Crippen molar-refractivity contribution in [2.45, 2.75) is 26.6 Å². The molecule has 6 nitrogen and oxygen atoms in total. The molecule has 132 valence electrons. The Morgan fingerprint density at radius 1 is 1.29 bits per heavy atom. The summed E-state index contributed by atoms with van der Waals surface area (Å²) in [5.41, 5.74) is 0.549. The molecule has 2 heterocycles. The maximum atomic E-state index is 12.6. The second-order valence-electron chi connectivity index (χ2n) is 5.19. The van der Waals surface area contributed by atoms with Gasteiger partial charge in [-0.3, -0.25) is 4.79 Å². The second-order valence-corrected chi connectivity index (χ2v) is 5.19. The Morgan fingerprint density at radius 2 is 2.00 bits per heavy atom. The predicted molar refractivity (Wildman–Crippen MR) is 75.2 cm³/mol. The summed E-state index contributed by atoms with van der Waals surface area (Å²) < 4.78 is 53.4. The maximum absolute atomic E-state index is 12.6. The van der Waals surface area contributed by atoms with E-state index in [4.69, 9.17) is 14.2 Å². The Morgan fingerprint density at radius 3 is 2.58 bits per heavy atom. The van der Waals surface area contributed by atoms with Crippen LogP contribution in [-0.2, 0) is 25.5 Å². The van der Waals surface area contributed by atoms with E-state index < -0.39 is 31.1 Å². The normalized spacial score (nSPS) is 14.5. The minimum Gasteiger partial charge on any atom is -0.493 e. The largest absolute Gasteiger partial charge is 0.493 e. The van der Waals surface area contributed by atoms with Crippen LogP contribution in [-0.4, -0.2) is 42.3 Å². The molecule has 1 aliphatic heterocycles. The molecule has 0 radical (unpaired) electrons. The van der Waals surface area contributed by atoms with Crippen molar-refractivity contribution in [3.8, 4) is 0 Å². The molecule has 0 aromatic carbocycles. The van der Waals surface area contributed by atoms with Crippen molar-refractivity contribution in [2.75, 3.05) is 19.8 Å². The molecule has 0 bridgehead atoms. The number of nitrogens with zero attached hydrogens (tertiary/aromatic N) is 1. The molecule has 0 saturated carbocycles. The van der Waals surface area contributed by atoms with Crippen molar-refractivity contribution in [1.82, 2.24) is 4.57 Å². The molecule has 0 atom stereocenters. The van der Waals surface area contributed by atoms with Crippen molar-refractivity contribution in [3.63, 3.8) is 0 Å². The van der Waals surface area contributed by atoms with Crippen LogP contribution in [0.2, 0.25) is 0 Å². The summed E-state index contributed by atoms with van der Waals surface area (Å²) >= 11 is 0. The molecule has 24 heavy (non-hydrogen) atoms. The Hall–Kier alpha value is -2.45. The average Bonchev–Trinajstić information content (AvgIpc) is 2.80. The number of hydrogen-bond donors (Lipinski definition) is 0. The molecular formula is C15H16F3NO5. The molecule has 0 unspecified atom stereocenters.